The third-order valence-corrected chi connectivity index (χ3v) is 9.74. The van der Waals surface area contributed by atoms with Gasteiger partial charge in [-0.05, 0) is 64.4 Å². The number of hydrogen-bond acceptors (Lipinski definition) is 3. The van der Waals surface area contributed by atoms with E-state index in [1.165, 1.54) is 32.7 Å². The summed E-state index contributed by atoms with van der Waals surface area (Å²) in [6.45, 7) is 4.56. The first-order valence-electron chi connectivity index (χ1n) is 15.4. The topological polar surface area (TPSA) is 43.9 Å². The maximum Gasteiger partial charge on any atom is 0.161 e. The van der Waals surface area contributed by atoms with Gasteiger partial charge in [-0.15, -0.1) is 0 Å². The van der Waals surface area contributed by atoms with Crippen LogP contribution in [0.4, 0.5) is 0 Å². The second-order valence-electron chi connectivity index (χ2n) is 12.6. The van der Waals surface area contributed by atoms with Crippen molar-refractivity contribution in [1.82, 2.24) is 14.5 Å². The molecule has 0 unspecified atom stereocenters. The molecule has 10 rings (SSSR count). The second kappa shape index (κ2) is 8.67. The highest BCUT2D eigenvalue weighted by atomic mass is 16.3. The van der Waals surface area contributed by atoms with Crippen molar-refractivity contribution in [2.24, 2.45) is 0 Å². The van der Waals surface area contributed by atoms with Gasteiger partial charge in [0.05, 0.1) is 16.7 Å². The molecule has 45 heavy (non-hydrogen) atoms. The fraction of sp³-hybridized carbons (Fsp3) is 0.0732. The molecular weight excluding hydrogens is 550 g/mol. The van der Waals surface area contributed by atoms with Crippen molar-refractivity contribution in [3.63, 3.8) is 0 Å². The van der Waals surface area contributed by atoms with E-state index >= 15 is 0 Å². The third kappa shape index (κ3) is 3.31. The summed E-state index contributed by atoms with van der Waals surface area (Å²) in [5, 5.41) is 7.03. The number of furan rings is 1. The van der Waals surface area contributed by atoms with Crippen LogP contribution in [-0.2, 0) is 5.41 Å². The summed E-state index contributed by atoms with van der Waals surface area (Å²) >= 11 is 0. The van der Waals surface area contributed by atoms with Crippen molar-refractivity contribution >= 4 is 54.5 Å². The minimum atomic E-state index is -0.295. The molecule has 9 aromatic rings. The van der Waals surface area contributed by atoms with Crippen LogP contribution >= 0.6 is 0 Å². The first kappa shape index (κ1) is 24.7. The van der Waals surface area contributed by atoms with E-state index in [9.17, 15) is 0 Å². The first-order chi connectivity index (χ1) is 22.1. The second-order valence-corrected chi connectivity index (χ2v) is 12.6. The fourth-order valence-electron chi connectivity index (χ4n) is 7.56. The van der Waals surface area contributed by atoms with Crippen molar-refractivity contribution in [1.29, 1.82) is 0 Å². The maximum atomic E-state index is 6.16. The molecule has 0 bridgehead atoms. The van der Waals surface area contributed by atoms with E-state index in [1.54, 1.807) is 0 Å². The molecule has 0 saturated heterocycles. The monoisotopic (exact) mass is 577 g/mol. The van der Waals surface area contributed by atoms with Crippen LogP contribution in [0, 0.1) is 0 Å². The van der Waals surface area contributed by atoms with Crippen LogP contribution in [0.2, 0.25) is 0 Å². The normalized spacial score (nSPS) is 13.7. The van der Waals surface area contributed by atoms with Crippen LogP contribution in [0.1, 0.15) is 25.1 Å². The molecule has 0 amide bonds. The molecule has 4 nitrogen and oxygen atoms in total. The Bertz CT molecular complexity index is 2690. The van der Waals surface area contributed by atoms with E-state index in [1.807, 2.05) is 18.2 Å². The summed E-state index contributed by atoms with van der Waals surface area (Å²) in [6, 6.07) is 45.1. The molecule has 1 aliphatic carbocycles. The van der Waals surface area contributed by atoms with Crippen molar-refractivity contribution < 1.29 is 4.42 Å². The largest absolute Gasteiger partial charge is 0.456 e. The van der Waals surface area contributed by atoms with Crippen LogP contribution in [-0.4, -0.2) is 14.5 Å². The van der Waals surface area contributed by atoms with E-state index < -0.39 is 0 Å². The molecule has 0 radical (unpaired) electrons. The lowest BCUT2D eigenvalue weighted by Gasteiger charge is -2.21. The number of aromatic nitrogens is 3. The quantitative estimate of drug-likeness (QED) is 0.205. The van der Waals surface area contributed by atoms with Gasteiger partial charge in [-0.2, -0.15) is 0 Å². The third-order valence-electron chi connectivity index (χ3n) is 9.74. The highest BCUT2D eigenvalue weighted by Crippen LogP contribution is 2.51. The van der Waals surface area contributed by atoms with Crippen LogP contribution in [0.3, 0.4) is 0 Å². The number of benzene rings is 6. The summed E-state index contributed by atoms with van der Waals surface area (Å²) in [6.07, 6.45) is 0. The van der Waals surface area contributed by atoms with Gasteiger partial charge in [0.25, 0.3) is 0 Å². The minimum Gasteiger partial charge on any atom is -0.456 e. The maximum absolute atomic E-state index is 6.16. The fourth-order valence-corrected chi connectivity index (χ4v) is 7.56. The smallest absolute Gasteiger partial charge is 0.161 e. The minimum absolute atomic E-state index is 0.295. The van der Waals surface area contributed by atoms with Gasteiger partial charge in [-0.1, -0.05) is 98.8 Å². The Labute approximate surface area is 259 Å². The predicted molar refractivity (Wildman–Crippen MR) is 184 cm³/mol. The highest BCUT2D eigenvalue weighted by molar-refractivity contribution is 6.14. The lowest BCUT2D eigenvalue weighted by Crippen LogP contribution is -2.18. The molecule has 6 aromatic carbocycles. The van der Waals surface area contributed by atoms with Crippen LogP contribution in [0.5, 0.6) is 0 Å². The zero-order chi connectivity index (χ0) is 29.9. The Hall–Kier alpha value is -5.74. The summed E-state index contributed by atoms with van der Waals surface area (Å²) in [5.74, 6) is 1.62. The Morgan fingerprint density at radius 2 is 1.29 bits per heavy atom. The summed E-state index contributed by atoms with van der Waals surface area (Å²) in [4.78, 5) is 10.9. The molecule has 0 saturated carbocycles. The molecule has 0 fully saturated rings. The van der Waals surface area contributed by atoms with Crippen molar-refractivity contribution in [2.75, 3.05) is 0 Å². The molecule has 4 heteroatoms. The molecule has 0 atom stereocenters. The van der Waals surface area contributed by atoms with Gasteiger partial charge >= 0.3 is 0 Å². The van der Waals surface area contributed by atoms with Crippen molar-refractivity contribution in [3.8, 4) is 28.3 Å². The van der Waals surface area contributed by atoms with Crippen molar-refractivity contribution in [3.05, 3.63) is 139 Å². The van der Waals surface area contributed by atoms with Crippen LogP contribution in [0.25, 0.3) is 82.8 Å². The van der Waals surface area contributed by atoms with E-state index in [4.69, 9.17) is 14.4 Å². The number of fused-ring (bicyclic) bond motifs is 10. The Morgan fingerprint density at radius 1 is 0.578 bits per heavy atom. The van der Waals surface area contributed by atoms with Gasteiger partial charge in [-0.25, -0.2) is 9.97 Å². The van der Waals surface area contributed by atoms with E-state index in [2.05, 4.69) is 128 Å². The summed E-state index contributed by atoms with van der Waals surface area (Å²) in [5.41, 5.74) is 9.31. The highest BCUT2D eigenvalue weighted by Gasteiger charge is 2.40. The van der Waals surface area contributed by atoms with Crippen LogP contribution in [0.15, 0.2) is 132 Å². The number of hydrogen-bond donors (Lipinski definition) is 0. The summed E-state index contributed by atoms with van der Waals surface area (Å²) in [7, 11) is 0. The number of para-hydroxylation sites is 2. The number of rotatable bonds is 2. The molecule has 0 spiro atoms. The van der Waals surface area contributed by atoms with Gasteiger partial charge in [0.2, 0.25) is 0 Å². The van der Waals surface area contributed by atoms with Crippen molar-refractivity contribution in [2.45, 2.75) is 19.3 Å². The molecule has 0 N–H and O–H groups in total. The molecule has 3 aromatic heterocycles. The molecule has 0 aliphatic heterocycles. The van der Waals surface area contributed by atoms with Gasteiger partial charge < -0.3 is 4.42 Å². The van der Waals surface area contributed by atoms with Crippen LogP contribution < -0.4 is 0 Å². The number of nitrogens with zero attached hydrogens (tertiary/aromatic N) is 3. The SMILES string of the molecule is CC1(C)c2ccccc2-c2c(-n3c4ccccc4c4cc5ccccc5cc43)nc(-c3ccc4oc5ccccc5c4c3)nc21. The molecule has 1 aliphatic rings. The predicted octanol–water partition coefficient (Wildman–Crippen LogP) is 10.6. The van der Waals surface area contributed by atoms with E-state index in [0.29, 0.717) is 5.82 Å². The zero-order valence-electron chi connectivity index (χ0n) is 24.9. The lowest BCUT2D eigenvalue weighted by atomic mass is 9.85. The Balaban J connectivity index is 1.35. The van der Waals surface area contributed by atoms with Gasteiger partial charge in [0.1, 0.15) is 17.0 Å². The Kier molecular flexibility index (Phi) is 4.76. The van der Waals surface area contributed by atoms with Gasteiger partial charge in [0, 0.05) is 38.1 Å². The van der Waals surface area contributed by atoms with E-state index in [-0.39, 0.29) is 5.41 Å². The standard InChI is InChI=1S/C41H27N3O/c1-41(2)32-16-8-5-15-29(32)37-38(41)42-39(26-19-20-36-31(22-26)28-14-7-10-18-35(28)45-36)43-40(37)44-33-17-9-6-13-27(33)30-21-24-11-3-4-12-25(24)23-34(30)44/h3-23H,1-2H3. The average molecular weight is 578 g/mol. The average Bonchev–Trinajstić information content (AvgIpc) is 3.68. The Morgan fingerprint density at radius 3 is 2.18 bits per heavy atom. The van der Waals surface area contributed by atoms with E-state index in [0.717, 1.165) is 55.6 Å². The molecule has 3 heterocycles. The summed E-state index contributed by atoms with van der Waals surface area (Å²) < 4.78 is 8.53. The van der Waals surface area contributed by atoms with Gasteiger partial charge in [0.15, 0.2) is 5.82 Å². The zero-order valence-corrected chi connectivity index (χ0v) is 24.9. The first-order valence-corrected chi connectivity index (χ1v) is 15.4. The van der Waals surface area contributed by atoms with Gasteiger partial charge in [-0.3, -0.25) is 4.57 Å². The molecular formula is C41H27N3O. The lowest BCUT2D eigenvalue weighted by molar-refractivity contribution is 0.635. The molecule has 212 valence electrons.